The molecule has 2 aromatic carbocycles. The van der Waals surface area contributed by atoms with Gasteiger partial charge in [-0.05, 0) is 43.5 Å². The Balaban J connectivity index is 0.000000153. The molecule has 2 aromatic rings. The minimum Gasteiger partial charge on any atom is -0.546 e. The summed E-state index contributed by atoms with van der Waals surface area (Å²) in [6, 6.07) is 13.8. The molecule has 2 atom stereocenters. The number of benzene rings is 2. The van der Waals surface area contributed by atoms with Crippen molar-refractivity contribution in [2.24, 2.45) is 0 Å². The Morgan fingerprint density at radius 3 is 2.19 bits per heavy atom. The first-order chi connectivity index (χ1) is 12.9. The number of carboxylic acids is 1. The second kappa shape index (κ2) is 6.29. The van der Waals surface area contributed by atoms with Crippen LogP contribution in [0.3, 0.4) is 0 Å². The van der Waals surface area contributed by atoms with E-state index in [9.17, 15) is 19.4 Å². The Labute approximate surface area is 157 Å². The molecule has 2 heterocycles. The molecule has 0 saturated carbocycles. The van der Waals surface area contributed by atoms with Gasteiger partial charge >= 0.3 is 0 Å². The zero-order valence-corrected chi connectivity index (χ0v) is 15.1. The molecule has 27 heavy (non-hydrogen) atoms. The van der Waals surface area contributed by atoms with Crippen molar-refractivity contribution in [3.05, 3.63) is 71.8 Å². The van der Waals surface area contributed by atoms with E-state index in [4.69, 9.17) is 0 Å². The molecular formula is C22H21FNO3-. The number of carboxylic acid groups (broad SMARTS) is 1. The smallest absolute Gasteiger partial charge is 0.201 e. The van der Waals surface area contributed by atoms with Gasteiger partial charge in [0.1, 0.15) is 5.72 Å². The Bertz CT molecular complexity index is 880. The van der Waals surface area contributed by atoms with Crippen molar-refractivity contribution in [1.29, 1.82) is 0 Å². The molecule has 4 nitrogen and oxygen atoms in total. The van der Waals surface area contributed by atoms with Gasteiger partial charge in [0, 0.05) is 17.2 Å². The minimum atomic E-state index is -2.53. The number of carbonyl (C=O) groups is 1. The van der Waals surface area contributed by atoms with Crippen molar-refractivity contribution >= 4 is 5.97 Å². The van der Waals surface area contributed by atoms with Gasteiger partial charge in [-0.1, -0.05) is 54.6 Å². The fraction of sp³-hybridized carbons (Fsp3) is 0.318. The van der Waals surface area contributed by atoms with Crippen molar-refractivity contribution in [2.45, 2.75) is 36.7 Å². The number of hydrogen-bond acceptors (Lipinski definition) is 4. The molecule has 5 rings (SSSR count). The maximum Gasteiger partial charge on any atom is 0.201 e. The molecule has 0 unspecified atom stereocenters. The predicted octanol–water partition coefficient (Wildman–Crippen LogP) is 2.36. The zero-order chi connectivity index (χ0) is 19.2. The lowest BCUT2D eigenvalue weighted by molar-refractivity contribution is -0.318. The summed E-state index contributed by atoms with van der Waals surface area (Å²) >= 11 is 0. The molecule has 1 N–H and O–H groups in total. The molecule has 140 valence electrons. The number of rotatable bonds is 1. The second-order valence-corrected chi connectivity index (χ2v) is 7.36. The van der Waals surface area contributed by atoms with E-state index in [1.807, 2.05) is 13.1 Å². The van der Waals surface area contributed by atoms with E-state index in [1.54, 1.807) is 36.4 Å². The van der Waals surface area contributed by atoms with Crippen LogP contribution in [0.25, 0.3) is 11.1 Å². The highest BCUT2D eigenvalue weighted by molar-refractivity contribution is 5.94. The van der Waals surface area contributed by atoms with Crippen LogP contribution in [-0.4, -0.2) is 34.8 Å². The van der Waals surface area contributed by atoms with Crippen LogP contribution in [0.1, 0.15) is 30.4 Å². The van der Waals surface area contributed by atoms with E-state index in [0.29, 0.717) is 17.2 Å². The van der Waals surface area contributed by atoms with Crippen molar-refractivity contribution in [3.63, 3.8) is 0 Å². The lowest BCUT2D eigenvalue weighted by Gasteiger charge is -2.33. The van der Waals surface area contributed by atoms with Gasteiger partial charge in [0.2, 0.25) is 5.67 Å². The Morgan fingerprint density at radius 2 is 1.70 bits per heavy atom. The molecular weight excluding hydrogens is 345 g/mol. The number of aliphatic hydroxyl groups is 1. The lowest BCUT2D eigenvalue weighted by Crippen LogP contribution is -2.44. The summed E-state index contributed by atoms with van der Waals surface area (Å²) in [6.07, 6.45) is 7.18. The monoisotopic (exact) mass is 366 g/mol. The van der Waals surface area contributed by atoms with E-state index in [-0.39, 0.29) is 11.1 Å². The maximum absolute atomic E-state index is 14.8. The molecule has 3 aliphatic rings. The van der Waals surface area contributed by atoms with Gasteiger partial charge in [0.05, 0.1) is 5.97 Å². The van der Waals surface area contributed by atoms with Gasteiger partial charge in [-0.2, -0.15) is 0 Å². The highest BCUT2D eigenvalue weighted by Crippen LogP contribution is 2.49. The number of nitrogens with zero attached hydrogens (tertiary/aromatic N) is 1. The highest BCUT2D eigenvalue weighted by Gasteiger charge is 2.45. The molecule has 0 radical (unpaired) electrons. The van der Waals surface area contributed by atoms with Crippen molar-refractivity contribution in [1.82, 2.24) is 4.90 Å². The average Bonchev–Trinajstić information content (AvgIpc) is 3.00. The Morgan fingerprint density at radius 1 is 1.15 bits per heavy atom. The molecule has 5 heteroatoms. The quantitative estimate of drug-likeness (QED) is 0.787. The first kappa shape index (κ1) is 17.9. The molecule has 1 aliphatic carbocycles. The van der Waals surface area contributed by atoms with E-state index in [1.165, 1.54) is 12.1 Å². The van der Waals surface area contributed by atoms with Crippen molar-refractivity contribution in [2.75, 3.05) is 7.05 Å². The standard InChI is InChI=1S/C14H9FO2.C8H13NO/c15-14(13(16)17)11-7-3-1-5-9(11)10-6-2-4-8-12(10)14;1-9-7-3-2-5-8(9,10)6-4-7/h1-8H,(H,16,17);2,5,7,10H,3-4,6H2,1H3/p-1/t;7-,8-/m.1/s1. The number of aliphatic carboxylic acids is 1. The summed E-state index contributed by atoms with van der Waals surface area (Å²) < 4.78 is 14.8. The number of alkyl halides is 1. The molecule has 0 amide bonds. The third-order valence-electron chi connectivity index (χ3n) is 5.96. The second-order valence-electron chi connectivity index (χ2n) is 7.36. The van der Waals surface area contributed by atoms with Gasteiger partial charge in [-0.3, -0.25) is 4.90 Å². The molecule has 1 saturated heterocycles. The third-order valence-corrected chi connectivity index (χ3v) is 5.96. The van der Waals surface area contributed by atoms with Gasteiger partial charge in [-0.15, -0.1) is 0 Å². The van der Waals surface area contributed by atoms with E-state index >= 15 is 0 Å². The highest BCUT2D eigenvalue weighted by atomic mass is 19.1. The van der Waals surface area contributed by atoms with Gasteiger partial charge in [0.15, 0.2) is 0 Å². The van der Waals surface area contributed by atoms with Crippen molar-refractivity contribution in [3.8, 4) is 11.1 Å². The van der Waals surface area contributed by atoms with Gasteiger partial charge in [-0.25, -0.2) is 4.39 Å². The Kier molecular flexibility index (Phi) is 4.17. The summed E-state index contributed by atoms with van der Waals surface area (Å²) in [5, 5.41) is 21.0. The van der Waals surface area contributed by atoms with Gasteiger partial charge in [0.25, 0.3) is 0 Å². The van der Waals surface area contributed by atoms with E-state index in [2.05, 4.69) is 11.0 Å². The van der Waals surface area contributed by atoms with Gasteiger partial charge < -0.3 is 15.0 Å². The zero-order valence-electron chi connectivity index (χ0n) is 15.1. The number of likely N-dealkylation sites (N-methyl/N-ethyl adjacent to an activating group) is 1. The number of carbonyl (C=O) groups excluding carboxylic acids is 1. The average molecular weight is 366 g/mol. The number of fused-ring (bicyclic) bond motifs is 5. The largest absolute Gasteiger partial charge is 0.546 e. The Hall–Kier alpha value is -2.50. The minimum absolute atomic E-state index is 0.154. The summed E-state index contributed by atoms with van der Waals surface area (Å²) in [7, 11) is 2.00. The summed E-state index contributed by atoms with van der Waals surface area (Å²) in [4.78, 5) is 13.2. The number of hydrogen-bond donors (Lipinski definition) is 1. The lowest BCUT2D eigenvalue weighted by atomic mass is 9.94. The van der Waals surface area contributed by atoms with Crippen LogP contribution in [0.15, 0.2) is 60.7 Å². The predicted molar refractivity (Wildman–Crippen MR) is 98.3 cm³/mol. The summed E-state index contributed by atoms with van der Waals surface area (Å²) in [5.74, 6) is -1.71. The maximum atomic E-state index is 14.8. The fourth-order valence-corrected chi connectivity index (χ4v) is 4.36. The first-order valence-corrected chi connectivity index (χ1v) is 9.10. The molecule has 0 spiro atoms. The van der Waals surface area contributed by atoms with Crippen LogP contribution in [0.4, 0.5) is 4.39 Å². The summed E-state index contributed by atoms with van der Waals surface area (Å²) in [5.41, 5.74) is -1.58. The van der Waals surface area contributed by atoms with Crippen molar-refractivity contribution < 1.29 is 19.4 Å². The third kappa shape index (κ3) is 2.61. The molecule has 2 aliphatic heterocycles. The molecule has 1 fully saturated rings. The van der Waals surface area contributed by atoms with Crippen LogP contribution in [0.2, 0.25) is 0 Å². The first-order valence-electron chi connectivity index (χ1n) is 9.10. The molecule has 2 bridgehead atoms. The topological polar surface area (TPSA) is 63.6 Å². The molecule has 0 aromatic heterocycles. The SMILES string of the molecule is CN1[C@@H]2CC=C[C@@]1(O)CC2.O=C([O-])C1(F)c2ccccc2-c2ccccc21. The van der Waals surface area contributed by atoms with Crippen LogP contribution in [-0.2, 0) is 10.5 Å². The van der Waals surface area contributed by atoms with Crippen LogP contribution >= 0.6 is 0 Å². The fourth-order valence-electron chi connectivity index (χ4n) is 4.36. The van der Waals surface area contributed by atoms with Crippen LogP contribution in [0.5, 0.6) is 0 Å². The van der Waals surface area contributed by atoms with Crippen LogP contribution < -0.4 is 5.11 Å². The number of halogens is 1. The van der Waals surface area contributed by atoms with E-state index in [0.717, 1.165) is 19.3 Å². The normalized spacial score (nSPS) is 26.7. The summed E-state index contributed by atoms with van der Waals surface area (Å²) in [6.45, 7) is 0. The van der Waals surface area contributed by atoms with E-state index < -0.39 is 17.4 Å². The van der Waals surface area contributed by atoms with Crippen LogP contribution in [0, 0.1) is 0 Å².